The minimum Gasteiger partial charge on any atom is -0.379 e. The smallest absolute Gasteiger partial charge is 0.253 e. The number of H-pyrrole nitrogens is 1. The summed E-state index contributed by atoms with van der Waals surface area (Å²) < 4.78 is 5.44. The van der Waals surface area contributed by atoms with Crippen molar-refractivity contribution in [3.63, 3.8) is 0 Å². The van der Waals surface area contributed by atoms with Crippen molar-refractivity contribution in [2.24, 2.45) is 5.92 Å². The fourth-order valence-corrected chi connectivity index (χ4v) is 4.94. The molecule has 162 valence electrons. The molecule has 0 spiro atoms. The fraction of sp³-hybridized carbons (Fsp3) is 0.423. The van der Waals surface area contributed by atoms with Crippen molar-refractivity contribution in [2.45, 2.75) is 39.3 Å². The van der Waals surface area contributed by atoms with Gasteiger partial charge < -0.3 is 15.0 Å². The minimum atomic E-state index is -0.0178. The number of morpholine rings is 1. The molecule has 3 aromatic rings. The van der Waals surface area contributed by atoms with E-state index in [9.17, 15) is 4.79 Å². The van der Waals surface area contributed by atoms with E-state index in [1.165, 1.54) is 28.6 Å². The third kappa shape index (κ3) is 4.39. The molecule has 0 radical (unpaired) electrons. The number of rotatable bonds is 5. The van der Waals surface area contributed by atoms with Crippen molar-refractivity contribution in [1.29, 1.82) is 0 Å². The zero-order valence-corrected chi connectivity index (χ0v) is 18.2. The number of carbonyl (C=O) groups is 1. The quantitative estimate of drug-likeness (QED) is 0.658. The summed E-state index contributed by atoms with van der Waals surface area (Å²) in [6.07, 6.45) is 3.38. The van der Waals surface area contributed by atoms with Gasteiger partial charge in [-0.25, -0.2) is 0 Å². The zero-order chi connectivity index (χ0) is 21.2. The van der Waals surface area contributed by atoms with E-state index in [2.05, 4.69) is 52.5 Å². The SMILES string of the molecule is CC1CCc2[nH]c3c(C(=O)NCc4cccc(CN5CCOCC5)c4)cccc3c2C1. The molecule has 1 aromatic heterocycles. The van der Waals surface area contributed by atoms with Crippen molar-refractivity contribution >= 4 is 16.8 Å². The molecule has 0 saturated carbocycles. The summed E-state index contributed by atoms with van der Waals surface area (Å²) in [5.41, 5.74) is 6.85. The average Bonchev–Trinajstić information content (AvgIpc) is 3.16. The van der Waals surface area contributed by atoms with Crippen LogP contribution in [0.1, 0.15) is 46.1 Å². The first-order valence-corrected chi connectivity index (χ1v) is 11.5. The normalized spacial score (nSPS) is 19.3. The van der Waals surface area contributed by atoms with Crippen LogP contribution in [0.15, 0.2) is 42.5 Å². The third-order valence-corrected chi connectivity index (χ3v) is 6.67. The Hall–Kier alpha value is -2.63. The summed E-state index contributed by atoms with van der Waals surface area (Å²) in [6.45, 7) is 7.34. The minimum absolute atomic E-state index is 0.0178. The van der Waals surface area contributed by atoms with Crippen LogP contribution in [0.2, 0.25) is 0 Å². The lowest BCUT2D eigenvalue weighted by Gasteiger charge is -2.26. The second kappa shape index (κ2) is 8.85. The highest BCUT2D eigenvalue weighted by atomic mass is 16.5. The molecule has 1 unspecified atom stereocenters. The molecule has 1 fully saturated rings. The number of fused-ring (bicyclic) bond motifs is 3. The van der Waals surface area contributed by atoms with Gasteiger partial charge in [-0.2, -0.15) is 0 Å². The molecule has 5 heteroatoms. The zero-order valence-electron chi connectivity index (χ0n) is 18.2. The van der Waals surface area contributed by atoms with Crippen molar-refractivity contribution in [3.8, 4) is 0 Å². The van der Waals surface area contributed by atoms with E-state index in [-0.39, 0.29) is 5.91 Å². The summed E-state index contributed by atoms with van der Waals surface area (Å²) in [7, 11) is 0. The van der Waals surface area contributed by atoms with Gasteiger partial charge in [0.25, 0.3) is 5.91 Å². The summed E-state index contributed by atoms with van der Waals surface area (Å²) in [6, 6.07) is 14.6. The third-order valence-electron chi connectivity index (χ3n) is 6.67. The summed E-state index contributed by atoms with van der Waals surface area (Å²) >= 11 is 0. The largest absolute Gasteiger partial charge is 0.379 e. The second-order valence-corrected chi connectivity index (χ2v) is 9.05. The predicted molar refractivity (Wildman–Crippen MR) is 123 cm³/mol. The van der Waals surface area contributed by atoms with Gasteiger partial charge in [0.2, 0.25) is 0 Å². The molecule has 1 saturated heterocycles. The summed E-state index contributed by atoms with van der Waals surface area (Å²) in [4.78, 5) is 19.0. The summed E-state index contributed by atoms with van der Waals surface area (Å²) in [5.74, 6) is 0.685. The lowest BCUT2D eigenvalue weighted by molar-refractivity contribution is 0.0342. The number of hydrogen-bond donors (Lipinski definition) is 2. The number of para-hydroxylation sites is 1. The van der Waals surface area contributed by atoms with Crippen LogP contribution < -0.4 is 5.32 Å². The molecule has 5 nitrogen and oxygen atoms in total. The van der Waals surface area contributed by atoms with Gasteiger partial charge >= 0.3 is 0 Å². The van der Waals surface area contributed by atoms with Crippen LogP contribution >= 0.6 is 0 Å². The van der Waals surface area contributed by atoms with E-state index >= 15 is 0 Å². The molecule has 0 bridgehead atoms. The van der Waals surface area contributed by atoms with E-state index in [0.717, 1.165) is 62.3 Å². The van der Waals surface area contributed by atoms with Gasteiger partial charge in [0.1, 0.15) is 0 Å². The number of hydrogen-bond acceptors (Lipinski definition) is 3. The molecule has 1 atom stereocenters. The predicted octanol–water partition coefficient (Wildman–Crippen LogP) is 4.05. The monoisotopic (exact) mass is 417 g/mol. The van der Waals surface area contributed by atoms with Gasteiger partial charge in [-0.15, -0.1) is 0 Å². The van der Waals surface area contributed by atoms with Crippen molar-refractivity contribution in [3.05, 3.63) is 70.4 Å². The van der Waals surface area contributed by atoms with Gasteiger partial charge in [-0.05, 0) is 47.9 Å². The molecule has 5 rings (SSSR count). The molecule has 2 heterocycles. The molecular weight excluding hydrogens is 386 g/mol. The Morgan fingerprint density at radius 1 is 1.16 bits per heavy atom. The maximum Gasteiger partial charge on any atom is 0.253 e. The standard InChI is InChI=1S/C26H31N3O2/c1-18-8-9-24-23(14-18)21-6-3-7-22(25(21)28-24)26(30)27-16-19-4-2-5-20(15-19)17-29-10-12-31-13-11-29/h2-7,15,18,28H,8-14,16-17H2,1H3,(H,27,30). The molecule has 2 aromatic carbocycles. The lowest BCUT2D eigenvalue weighted by atomic mass is 9.87. The van der Waals surface area contributed by atoms with Crippen LogP contribution in [0, 0.1) is 5.92 Å². The Morgan fingerprint density at radius 2 is 1.97 bits per heavy atom. The Balaban J connectivity index is 1.29. The maximum absolute atomic E-state index is 13.1. The Morgan fingerprint density at radius 3 is 2.84 bits per heavy atom. The molecule has 2 N–H and O–H groups in total. The summed E-state index contributed by atoms with van der Waals surface area (Å²) in [5, 5.41) is 4.34. The van der Waals surface area contributed by atoms with Gasteiger partial charge in [0, 0.05) is 37.3 Å². The van der Waals surface area contributed by atoms with Gasteiger partial charge in [-0.1, -0.05) is 43.3 Å². The molecule has 31 heavy (non-hydrogen) atoms. The number of aromatic nitrogens is 1. The van der Waals surface area contributed by atoms with E-state index in [0.29, 0.717) is 12.5 Å². The first kappa shape index (κ1) is 20.3. The number of benzene rings is 2. The van der Waals surface area contributed by atoms with E-state index in [1.54, 1.807) is 0 Å². The lowest BCUT2D eigenvalue weighted by Crippen LogP contribution is -2.35. The van der Waals surface area contributed by atoms with Gasteiger partial charge in [0.15, 0.2) is 0 Å². The Labute approximate surface area is 183 Å². The highest BCUT2D eigenvalue weighted by Crippen LogP contribution is 2.33. The molecule has 1 amide bonds. The number of amides is 1. The fourth-order valence-electron chi connectivity index (χ4n) is 4.94. The van der Waals surface area contributed by atoms with Gasteiger partial charge in [-0.3, -0.25) is 9.69 Å². The average molecular weight is 418 g/mol. The first-order chi connectivity index (χ1) is 15.2. The first-order valence-electron chi connectivity index (χ1n) is 11.5. The van der Waals surface area contributed by atoms with Crippen LogP contribution in [0.4, 0.5) is 0 Å². The van der Waals surface area contributed by atoms with Crippen LogP contribution in [0.5, 0.6) is 0 Å². The van der Waals surface area contributed by atoms with E-state index < -0.39 is 0 Å². The van der Waals surface area contributed by atoms with E-state index in [4.69, 9.17) is 4.74 Å². The number of nitrogens with zero attached hydrogens (tertiary/aromatic N) is 1. The van der Waals surface area contributed by atoms with Crippen LogP contribution in [-0.2, 0) is 30.7 Å². The topological polar surface area (TPSA) is 57.4 Å². The molecule has 1 aliphatic heterocycles. The second-order valence-electron chi connectivity index (χ2n) is 9.05. The van der Waals surface area contributed by atoms with Crippen molar-refractivity contribution in [2.75, 3.05) is 26.3 Å². The number of carbonyl (C=O) groups excluding carboxylic acids is 1. The van der Waals surface area contributed by atoms with Crippen LogP contribution in [0.25, 0.3) is 10.9 Å². The van der Waals surface area contributed by atoms with Gasteiger partial charge in [0.05, 0.1) is 24.3 Å². The number of nitrogens with one attached hydrogen (secondary N) is 2. The van der Waals surface area contributed by atoms with Crippen molar-refractivity contribution < 1.29 is 9.53 Å². The molecular formula is C26H31N3O2. The highest BCUT2D eigenvalue weighted by molar-refractivity contribution is 6.06. The number of aryl methyl sites for hydroxylation is 1. The molecule has 2 aliphatic rings. The van der Waals surface area contributed by atoms with Crippen molar-refractivity contribution in [1.82, 2.24) is 15.2 Å². The Kier molecular flexibility index (Phi) is 5.79. The highest BCUT2D eigenvalue weighted by Gasteiger charge is 2.22. The van der Waals surface area contributed by atoms with Crippen LogP contribution in [0.3, 0.4) is 0 Å². The Bertz CT molecular complexity index is 1080. The number of ether oxygens (including phenoxy) is 1. The molecule has 1 aliphatic carbocycles. The maximum atomic E-state index is 13.1. The van der Waals surface area contributed by atoms with E-state index in [1.807, 2.05) is 12.1 Å². The van der Waals surface area contributed by atoms with Crippen LogP contribution in [-0.4, -0.2) is 42.1 Å². The number of aromatic amines is 1.